The maximum atomic E-state index is 4.94. The topological polar surface area (TPSA) is 45.2 Å². The minimum atomic E-state index is 0.0985. The third-order valence-corrected chi connectivity index (χ3v) is 13.6. The van der Waals surface area contributed by atoms with Gasteiger partial charge < -0.3 is 9.47 Å². The van der Waals surface area contributed by atoms with E-state index in [4.69, 9.17) is 9.98 Å². The minimum Gasteiger partial charge on any atom is -0.333 e. The Kier molecular flexibility index (Phi) is 10.4. The molecule has 2 aliphatic rings. The molecule has 0 fully saturated rings. The van der Waals surface area contributed by atoms with Gasteiger partial charge in [0.15, 0.2) is 11.7 Å². The SMILES string of the molecule is C=NC(=NC(=NCC)c1ccccc1)c1ccc2c(N3c4ccc5c6c7ccccc7ccc6n(-c6ccc7ccccc7c6)c5c4C4C=CC=CC43)cccc2c1.c1ccc2ccccc2c1. The summed E-state index contributed by atoms with van der Waals surface area (Å²) < 4.78 is 2.53. The summed E-state index contributed by atoms with van der Waals surface area (Å²) >= 11 is 0. The van der Waals surface area contributed by atoms with Gasteiger partial charge in [0.05, 0.1) is 17.1 Å². The first-order chi connectivity index (χ1) is 33.7. The highest BCUT2D eigenvalue weighted by molar-refractivity contribution is 6.23. The summed E-state index contributed by atoms with van der Waals surface area (Å²) in [5, 5.41) is 12.4. The number of anilines is 2. The van der Waals surface area contributed by atoms with Crippen molar-refractivity contribution in [1.82, 2.24) is 4.57 Å². The second kappa shape index (κ2) is 17.3. The van der Waals surface area contributed by atoms with E-state index in [1.165, 1.54) is 71.1 Å². The van der Waals surface area contributed by atoms with Gasteiger partial charge in [0, 0.05) is 62.4 Å². The Labute approximate surface area is 395 Å². The Balaban J connectivity index is 0.000000425. The predicted molar refractivity (Wildman–Crippen MR) is 290 cm³/mol. The normalized spacial score (nSPS) is 15.6. The minimum absolute atomic E-state index is 0.0985. The van der Waals surface area contributed by atoms with E-state index in [0.717, 1.165) is 27.6 Å². The molecule has 0 saturated heterocycles. The lowest BCUT2D eigenvalue weighted by molar-refractivity contribution is 0.747. The Bertz CT molecular complexity index is 3820. The fourth-order valence-corrected chi connectivity index (χ4v) is 10.5. The van der Waals surface area contributed by atoms with Crippen molar-refractivity contribution < 1.29 is 0 Å². The molecule has 11 aromatic rings. The third-order valence-electron chi connectivity index (χ3n) is 13.6. The monoisotopic (exact) mass is 873 g/mol. The molecule has 2 heterocycles. The number of hydrogen-bond acceptors (Lipinski definition) is 2. The molecule has 324 valence electrons. The van der Waals surface area contributed by atoms with Crippen LogP contribution in [0.3, 0.4) is 0 Å². The molecule has 13 rings (SSSR count). The molecule has 0 saturated carbocycles. The van der Waals surface area contributed by atoms with E-state index >= 15 is 0 Å². The molecule has 0 spiro atoms. The van der Waals surface area contributed by atoms with Crippen LogP contribution in [0.4, 0.5) is 11.4 Å². The van der Waals surface area contributed by atoms with Gasteiger partial charge in [-0.25, -0.2) is 9.98 Å². The summed E-state index contributed by atoms with van der Waals surface area (Å²) in [6.07, 6.45) is 9.18. The summed E-state index contributed by atoms with van der Waals surface area (Å²) in [5.41, 5.74) is 9.23. The fraction of sp³-hybridized carbons (Fsp3) is 0.0635. The van der Waals surface area contributed by atoms with Crippen LogP contribution in [0.15, 0.2) is 246 Å². The maximum Gasteiger partial charge on any atom is 0.161 e. The summed E-state index contributed by atoms with van der Waals surface area (Å²) in [5.74, 6) is 1.34. The smallest absolute Gasteiger partial charge is 0.161 e. The molecule has 5 nitrogen and oxygen atoms in total. The van der Waals surface area contributed by atoms with Crippen molar-refractivity contribution in [2.45, 2.75) is 18.9 Å². The Morgan fingerprint density at radius 1 is 0.500 bits per heavy atom. The van der Waals surface area contributed by atoms with Gasteiger partial charge in [0.1, 0.15) is 0 Å². The first kappa shape index (κ1) is 40.8. The molecular formula is C63H47N5. The van der Waals surface area contributed by atoms with Crippen LogP contribution in [0.5, 0.6) is 0 Å². The Hall–Kier alpha value is -8.67. The van der Waals surface area contributed by atoms with Gasteiger partial charge in [-0.2, -0.15) is 0 Å². The predicted octanol–water partition coefficient (Wildman–Crippen LogP) is 15.7. The van der Waals surface area contributed by atoms with Crippen LogP contribution < -0.4 is 4.90 Å². The van der Waals surface area contributed by atoms with Crippen LogP contribution in [0, 0.1) is 0 Å². The molecule has 1 aromatic heterocycles. The second-order valence-corrected chi connectivity index (χ2v) is 17.4. The number of benzene rings is 10. The zero-order chi connectivity index (χ0) is 45.6. The number of fused-ring (bicyclic) bond motifs is 12. The van der Waals surface area contributed by atoms with Crippen LogP contribution >= 0.6 is 0 Å². The largest absolute Gasteiger partial charge is 0.333 e. The highest BCUT2D eigenvalue weighted by atomic mass is 15.2. The van der Waals surface area contributed by atoms with Crippen LogP contribution in [0.1, 0.15) is 29.5 Å². The first-order valence-electron chi connectivity index (χ1n) is 23.4. The van der Waals surface area contributed by atoms with Gasteiger partial charge in [-0.3, -0.25) is 4.99 Å². The van der Waals surface area contributed by atoms with Crippen molar-refractivity contribution in [3.8, 4) is 5.69 Å². The van der Waals surface area contributed by atoms with Crippen molar-refractivity contribution in [3.05, 3.63) is 247 Å². The molecule has 0 N–H and O–H groups in total. The summed E-state index contributed by atoms with van der Waals surface area (Å²) in [4.78, 5) is 16.6. The van der Waals surface area contributed by atoms with Crippen LogP contribution in [0.2, 0.25) is 0 Å². The quantitative estimate of drug-likeness (QED) is 0.125. The molecule has 5 heteroatoms. The molecule has 1 aliphatic heterocycles. The average Bonchev–Trinajstić information content (AvgIpc) is 3.93. The molecule has 10 aromatic carbocycles. The van der Waals surface area contributed by atoms with E-state index in [1.807, 2.05) is 37.3 Å². The van der Waals surface area contributed by atoms with Crippen LogP contribution in [-0.2, 0) is 0 Å². The molecular weight excluding hydrogens is 827 g/mol. The highest BCUT2D eigenvalue weighted by Gasteiger charge is 2.40. The molecule has 68 heavy (non-hydrogen) atoms. The van der Waals surface area contributed by atoms with Gasteiger partial charge in [0.25, 0.3) is 0 Å². The van der Waals surface area contributed by atoms with Crippen LogP contribution in [0.25, 0.3) is 70.6 Å². The standard InChI is InChI=1S/C53H39N5.C10H8/c1-3-55-53(36-16-5-4-6-17-36)56-52(54-2)39-25-28-41-38(32-39)19-13-23-45(41)58-46-22-12-11-21-43(46)50-48(58)31-29-44-49-42-20-10-9-15-35(42)26-30-47(49)57(51(44)50)40-27-24-34-14-7-8-18-37(34)33-40;1-2-6-10-8-4-3-7-9(10)5-1/h4-33,43,46H,2-3H2,1H3;1-8H. The molecule has 0 radical (unpaired) electrons. The van der Waals surface area contributed by atoms with Crippen molar-refractivity contribution in [2.24, 2.45) is 15.0 Å². The maximum absolute atomic E-state index is 4.94. The van der Waals surface area contributed by atoms with E-state index in [2.05, 4.69) is 221 Å². The molecule has 1 aliphatic carbocycles. The van der Waals surface area contributed by atoms with E-state index in [9.17, 15) is 0 Å². The van der Waals surface area contributed by atoms with Gasteiger partial charge in [-0.15, -0.1) is 0 Å². The van der Waals surface area contributed by atoms with Gasteiger partial charge in [-0.1, -0.05) is 194 Å². The van der Waals surface area contributed by atoms with Crippen molar-refractivity contribution >= 4 is 94.7 Å². The number of allylic oxidation sites excluding steroid dienone is 2. The number of aromatic nitrogens is 1. The lowest BCUT2D eigenvalue weighted by Crippen LogP contribution is -2.28. The Morgan fingerprint density at radius 2 is 1.15 bits per heavy atom. The Morgan fingerprint density at radius 3 is 1.90 bits per heavy atom. The molecule has 0 amide bonds. The zero-order valence-electron chi connectivity index (χ0n) is 37.7. The zero-order valence-corrected chi connectivity index (χ0v) is 37.7. The average molecular weight is 874 g/mol. The molecule has 0 bridgehead atoms. The van der Waals surface area contributed by atoms with Crippen molar-refractivity contribution in [2.75, 3.05) is 11.4 Å². The third kappa shape index (κ3) is 6.99. The number of amidine groups is 2. The van der Waals surface area contributed by atoms with Gasteiger partial charge in [-0.05, 0) is 87.7 Å². The van der Waals surface area contributed by atoms with Crippen LogP contribution in [-0.4, -0.2) is 35.5 Å². The number of nitrogens with zero attached hydrogens (tertiary/aromatic N) is 5. The van der Waals surface area contributed by atoms with Gasteiger partial charge in [0.2, 0.25) is 0 Å². The lowest BCUT2D eigenvalue weighted by Gasteiger charge is -2.29. The second-order valence-electron chi connectivity index (χ2n) is 17.4. The summed E-state index contributed by atoms with van der Waals surface area (Å²) in [7, 11) is 0. The molecule has 2 atom stereocenters. The van der Waals surface area contributed by atoms with Crippen molar-refractivity contribution in [3.63, 3.8) is 0 Å². The summed E-state index contributed by atoms with van der Waals surface area (Å²) in [6.45, 7) is 6.55. The number of hydrogen-bond donors (Lipinski definition) is 0. The van der Waals surface area contributed by atoms with Gasteiger partial charge >= 0.3 is 0 Å². The van der Waals surface area contributed by atoms with E-state index in [-0.39, 0.29) is 12.0 Å². The summed E-state index contributed by atoms with van der Waals surface area (Å²) in [6, 6.07) is 73.6. The lowest BCUT2D eigenvalue weighted by atomic mass is 9.89. The molecule has 2 unspecified atom stereocenters. The first-order valence-corrected chi connectivity index (χ1v) is 23.4. The van der Waals surface area contributed by atoms with Crippen molar-refractivity contribution in [1.29, 1.82) is 0 Å². The van der Waals surface area contributed by atoms with E-state index in [0.29, 0.717) is 18.2 Å². The van der Waals surface area contributed by atoms with E-state index < -0.39 is 0 Å². The highest BCUT2D eigenvalue weighted by Crippen LogP contribution is 2.54. The fourth-order valence-electron chi connectivity index (χ4n) is 10.5. The van der Waals surface area contributed by atoms with E-state index in [1.54, 1.807) is 0 Å². The number of aliphatic imine (C=N–C) groups is 3. The number of rotatable bonds is 5.